The van der Waals surface area contributed by atoms with Crippen molar-refractivity contribution in [3.05, 3.63) is 35.4 Å². The molecule has 2 atom stereocenters. The number of rotatable bonds is 4. The smallest absolute Gasteiger partial charge is 0.0320 e. The summed E-state index contributed by atoms with van der Waals surface area (Å²) in [5.74, 6) is 0.834. The van der Waals surface area contributed by atoms with E-state index >= 15 is 0 Å². The Kier molecular flexibility index (Phi) is 4.79. The maximum atomic E-state index is 3.65. The molecule has 100 valence electrons. The van der Waals surface area contributed by atoms with E-state index in [9.17, 15) is 0 Å². The van der Waals surface area contributed by atoms with E-state index in [1.807, 2.05) is 0 Å². The van der Waals surface area contributed by atoms with Crippen molar-refractivity contribution in [1.29, 1.82) is 0 Å². The highest BCUT2D eigenvalue weighted by Gasteiger charge is 2.18. The molecule has 2 unspecified atom stereocenters. The van der Waals surface area contributed by atoms with Gasteiger partial charge in [0.2, 0.25) is 0 Å². The van der Waals surface area contributed by atoms with Crippen LogP contribution in [0.25, 0.3) is 0 Å². The second kappa shape index (κ2) is 6.35. The Hall–Kier alpha value is -0.860. The van der Waals surface area contributed by atoms with E-state index in [0.717, 1.165) is 25.4 Å². The summed E-state index contributed by atoms with van der Waals surface area (Å²) >= 11 is 0. The molecule has 2 nitrogen and oxygen atoms in total. The lowest BCUT2D eigenvalue weighted by atomic mass is 9.91. The molecule has 0 bridgehead atoms. The van der Waals surface area contributed by atoms with E-state index in [1.165, 1.54) is 24.0 Å². The van der Waals surface area contributed by atoms with Crippen LogP contribution in [0.4, 0.5) is 0 Å². The normalized spacial score (nSPS) is 24.4. The molecule has 0 radical (unpaired) electrons. The third kappa shape index (κ3) is 3.82. The Morgan fingerprint density at radius 3 is 2.44 bits per heavy atom. The molecular formula is C16H26N2. The fourth-order valence-corrected chi connectivity index (χ4v) is 2.55. The average Bonchev–Trinajstić information content (AvgIpc) is 2.38. The van der Waals surface area contributed by atoms with E-state index in [0.29, 0.717) is 6.04 Å². The molecule has 1 aromatic rings. The van der Waals surface area contributed by atoms with Gasteiger partial charge in [0.1, 0.15) is 0 Å². The van der Waals surface area contributed by atoms with Crippen LogP contribution >= 0.6 is 0 Å². The lowest BCUT2D eigenvalue weighted by molar-refractivity contribution is 0.333. The second-order valence-electron chi connectivity index (χ2n) is 5.94. The number of piperidine rings is 1. The van der Waals surface area contributed by atoms with Gasteiger partial charge in [-0.25, -0.2) is 0 Å². The van der Waals surface area contributed by atoms with E-state index in [4.69, 9.17) is 0 Å². The highest BCUT2D eigenvalue weighted by molar-refractivity contribution is 5.25. The fourth-order valence-electron chi connectivity index (χ4n) is 2.55. The van der Waals surface area contributed by atoms with Crippen LogP contribution in [-0.2, 0) is 6.42 Å². The number of nitrogens with zero attached hydrogens (tertiary/aromatic N) is 1. The SMILES string of the molecule is CC1CCC(c2ccc(CCN(C)C)cc2)NC1. The number of hydrogen-bond donors (Lipinski definition) is 1. The molecule has 1 fully saturated rings. The van der Waals surface area contributed by atoms with Gasteiger partial charge in [-0.1, -0.05) is 31.2 Å². The molecule has 1 aliphatic rings. The van der Waals surface area contributed by atoms with Gasteiger partial charge in [0.25, 0.3) is 0 Å². The van der Waals surface area contributed by atoms with E-state index in [-0.39, 0.29) is 0 Å². The van der Waals surface area contributed by atoms with Gasteiger partial charge < -0.3 is 10.2 Å². The number of nitrogens with one attached hydrogen (secondary N) is 1. The van der Waals surface area contributed by atoms with Crippen molar-refractivity contribution in [2.24, 2.45) is 5.92 Å². The first kappa shape index (κ1) is 13.6. The lowest BCUT2D eigenvalue weighted by Crippen LogP contribution is -2.31. The first-order valence-electron chi connectivity index (χ1n) is 7.12. The van der Waals surface area contributed by atoms with Gasteiger partial charge in [0, 0.05) is 12.6 Å². The Labute approximate surface area is 111 Å². The van der Waals surface area contributed by atoms with Crippen LogP contribution in [0.5, 0.6) is 0 Å². The second-order valence-corrected chi connectivity index (χ2v) is 5.94. The van der Waals surface area contributed by atoms with Gasteiger partial charge in [-0.05, 0) is 56.9 Å². The topological polar surface area (TPSA) is 15.3 Å². The van der Waals surface area contributed by atoms with Gasteiger partial charge in [-0.3, -0.25) is 0 Å². The largest absolute Gasteiger partial charge is 0.310 e. The minimum atomic E-state index is 0.573. The molecule has 1 aromatic carbocycles. The highest BCUT2D eigenvalue weighted by Crippen LogP contribution is 2.25. The number of hydrogen-bond acceptors (Lipinski definition) is 2. The predicted molar refractivity (Wildman–Crippen MR) is 77.8 cm³/mol. The molecule has 18 heavy (non-hydrogen) atoms. The summed E-state index contributed by atoms with van der Waals surface area (Å²) in [4.78, 5) is 2.23. The van der Waals surface area contributed by atoms with Gasteiger partial charge in [0.15, 0.2) is 0 Å². The van der Waals surface area contributed by atoms with Crippen LogP contribution in [0.2, 0.25) is 0 Å². The molecule has 1 heterocycles. The molecule has 0 amide bonds. The molecule has 0 spiro atoms. The van der Waals surface area contributed by atoms with Crippen molar-refractivity contribution in [1.82, 2.24) is 10.2 Å². The molecule has 0 aromatic heterocycles. The minimum Gasteiger partial charge on any atom is -0.310 e. The summed E-state index contributed by atoms with van der Waals surface area (Å²) in [5, 5.41) is 3.65. The van der Waals surface area contributed by atoms with E-state index in [2.05, 4.69) is 55.5 Å². The quantitative estimate of drug-likeness (QED) is 0.879. The zero-order valence-corrected chi connectivity index (χ0v) is 11.9. The van der Waals surface area contributed by atoms with Crippen molar-refractivity contribution < 1.29 is 0 Å². The van der Waals surface area contributed by atoms with Crippen LogP contribution in [0, 0.1) is 5.92 Å². The number of benzene rings is 1. The van der Waals surface area contributed by atoms with Crippen LogP contribution in [0.15, 0.2) is 24.3 Å². The van der Waals surface area contributed by atoms with Crippen LogP contribution in [-0.4, -0.2) is 32.1 Å². The number of likely N-dealkylation sites (N-methyl/N-ethyl adjacent to an activating group) is 1. The third-order valence-electron chi connectivity index (χ3n) is 3.89. The molecule has 2 heteroatoms. The maximum Gasteiger partial charge on any atom is 0.0320 e. The monoisotopic (exact) mass is 246 g/mol. The maximum absolute atomic E-state index is 3.65. The van der Waals surface area contributed by atoms with Gasteiger partial charge in [-0.15, -0.1) is 0 Å². The Bertz CT molecular complexity index is 348. The standard InChI is InChI=1S/C16H26N2/c1-13-4-9-16(17-12-13)15-7-5-14(6-8-15)10-11-18(2)3/h5-8,13,16-17H,4,9-12H2,1-3H3. The highest BCUT2D eigenvalue weighted by atomic mass is 15.0. The minimum absolute atomic E-state index is 0.573. The van der Waals surface area contributed by atoms with Crippen molar-refractivity contribution in [3.63, 3.8) is 0 Å². The van der Waals surface area contributed by atoms with E-state index in [1.54, 1.807) is 0 Å². The van der Waals surface area contributed by atoms with Crippen LogP contribution in [0.3, 0.4) is 0 Å². The summed E-state index contributed by atoms with van der Waals surface area (Å²) in [6.07, 6.45) is 3.76. The molecule has 0 saturated carbocycles. The summed E-state index contributed by atoms with van der Waals surface area (Å²) in [7, 11) is 4.25. The van der Waals surface area contributed by atoms with E-state index < -0.39 is 0 Å². The predicted octanol–water partition coefficient (Wildman–Crippen LogP) is 2.85. The Morgan fingerprint density at radius 2 is 1.89 bits per heavy atom. The van der Waals surface area contributed by atoms with Gasteiger partial charge in [-0.2, -0.15) is 0 Å². The van der Waals surface area contributed by atoms with Gasteiger partial charge in [0.05, 0.1) is 0 Å². The Balaban J connectivity index is 1.91. The van der Waals surface area contributed by atoms with Gasteiger partial charge >= 0.3 is 0 Å². The Morgan fingerprint density at radius 1 is 1.17 bits per heavy atom. The molecule has 1 aliphatic heterocycles. The molecule has 1 saturated heterocycles. The lowest BCUT2D eigenvalue weighted by Gasteiger charge is -2.28. The van der Waals surface area contributed by atoms with Crippen LogP contribution < -0.4 is 5.32 Å². The summed E-state index contributed by atoms with van der Waals surface area (Å²) in [6.45, 7) is 4.61. The molecule has 1 N–H and O–H groups in total. The zero-order valence-electron chi connectivity index (χ0n) is 11.9. The van der Waals surface area contributed by atoms with Crippen molar-refractivity contribution >= 4 is 0 Å². The van der Waals surface area contributed by atoms with Crippen LogP contribution in [0.1, 0.15) is 36.9 Å². The summed E-state index contributed by atoms with van der Waals surface area (Å²) in [5.41, 5.74) is 2.90. The molecule has 0 aliphatic carbocycles. The summed E-state index contributed by atoms with van der Waals surface area (Å²) in [6, 6.07) is 9.76. The molecular weight excluding hydrogens is 220 g/mol. The zero-order chi connectivity index (χ0) is 13.0. The molecule has 2 rings (SSSR count). The van der Waals surface area contributed by atoms with Crippen molar-refractivity contribution in [2.45, 2.75) is 32.2 Å². The summed E-state index contributed by atoms with van der Waals surface area (Å²) < 4.78 is 0. The third-order valence-corrected chi connectivity index (χ3v) is 3.89. The first-order chi connectivity index (χ1) is 8.65. The van der Waals surface area contributed by atoms with Crippen molar-refractivity contribution in [3.8, 4) is 0 Å². The fraction of sp³-hybridized carbons (Fsp3) is 0.625. The average molecular weight is 246 g/mol. The first-order valence-corrected chi connectivity index (χ1v) is 7.12. The van der Waals surface area contributed by atoms with Crippen molar-refractivity contribution in [2.75, 3.05) is 27.2 Å².